The van der Waals surface area contributed by atoms with E-state index in [9.17, 15) is 9.59 Å². The summed E-state index contributed by atoms with van der Waals surface area (Å²) < 4.78 is 6.09. The van der Waals surface area contributed by atoms with E-state index < -0.39 is 11.9 Å². The van der Waals surface area contributed by atoms with Crippen molar-refractivity contribution in [1.29, 1.82) is 0 Å². The number of carboxylic acid groups (broad SMARTS) is 1. The number of carboxylic acids is 1. The molecule has 21 heavy (non-hydrogen) atoms. The number of rotatable bonds is 5. The first-order valence-electron chi connectivity index (χ1n) is 5.92. The summed E-state index contributed by atoms with van der Waals surface area (Å²) >= 11 is 3.29. The summed E-state index contributed by atoms with van der Waals surface area (Å²) in [7, 11) is 0. The Hall–Kier alpha value is -2.41. The predicted octanol–water partition coefficient (Wildman–Crippen LogP) is 2.56. The van der Waals surface area contributed by atoms with Gasteiger partial charge >= 0.3 is 5.97 Å². The number of carbonyl (C=O) groups is 2. The fourth-order valence-corrected chi connectivity index (χ4v) is 1.81. The fourth-order valence-electron chi connectivity index (χ4n) is 1.55. The van der Waals surface area contributed by atoms with E-state index >= 15 is 0 Å². The van der Waals surface area contributed by atoms with Gasteiger partial charge in [-0.2, -0.15) is 0 Å². The molecule has 6 nitrogen and oxygen atoms in total. The molecular formula is C14H11BrN2O4. The first-order chi connectivity index (χ1) is 10.1. The highest BCUT2D eigenvalue weighted by Crippen LogP contribution is 2.17. The molecular weight excluding hydrogens is 340 g/mol. The summed E-state index contributed by atoms with van der Waals surface area (Å²) in [4.78, 5) is 26.5. The molecule has 0 aliphatic carbocycles. The minimum atomic E-state index is -1.14. The molecule has 0 aliphatic heterocycles. The minimum Gasteiger partial charge on any atom is -0.481 e. The van der Waals surface area contributed by atoms with E-state index in [1.807, 2.05) is 0 Å². The van der Waals surface area contributed by atoms with Gasteiger partial charge in [0.1, 0.15) is 5.56 Å². The first-order valence-corrected chi connectivity index (χ1v) is 6.71. The van der Waals surface area contributed by atoms with Crippen LogP contribution < -0.4 is 10.1 Å². The Morgan fingerprint density at radius 1 is 1.24 bits per heavy atom. The number of aromatic carboxylic acids is 1. The summed E-state index contributed by atoms with van der Waals surface area (Å²) in [5.74, 6) is -1.48. The average Bonchev–Trinajstić information content (AvgIpc) is 2.48. The molecule has 1 aromatic carbocycles. The van der Waals surface area contributed by atoms with Crippen LogP contribution in [0.3, 0.4) is 0 Å². The molecule has 0 unspecified atom stereocenters. The Bertz CT molecular complexity index is 658. The van der Waals surface area contributed by atoms with Crippen molar-refractivity contribution >= 4 is 33.5 Å². The molecule has 1 heterocycles. The SMILES string of the molecule is O=C(COc1cnccc1C(=O)O)Nc1ccc(Br)cc1. The van der Waals surface area contributed by atoms with E-state index in [4.69, 9.17) is 9.84 Å². The van der Waals surface area contributed by atoms with Crippen LogP contribution in [-0.4, -0.2) is 28.6 Å². The Labute approximate surface area is 128 Å². The topological polar surface area (TPSA) is 88.5 Å². The maximum atomic E-state index is 11.7. The number of carbonyl (C=O) groups excluding carboxylic acids is 1. The normalized spacial score (nSPS) is 9.95. The smallest absolute Gasteiger partial charge is 0.339 e. The van der Waals surface area contributed by atoms with Crippen molar-refractivity contribution in [2.24, 2.45) is 0 Å². The molecule has 0 spiro atoms. The van der Waals surface area contributed by atoms with Crippen LogP contribution in [0.2, 0.25) is 0 Å². The monoisotopic (exact) mass is 350 g/mol. The number of pyridine rings is 1. The summed E-state index contributed by atoms with van der Waals surface area (Å²) in [6.07, 6.45) is 2.61. The van der Waals surface area contributed by atoms with Gasteiger partial charge in [0.05, 0.1) is 6.20 Å². The third kappa shape index (κ3) is 4.28. The number of amides is 1. The average molecular weight is 351 g/mol. The second-order valence-electron chi connectivity index (χ2n) is 4.02. The van der Waals surface area contributed by atoms with Gasteiger partial charge in [0.25, 0.3) is 5.91 Å². The molecule has 0 saturated heterocycles. The Kier molecular flexibility index (Phi) is 4.89. The third-order valence-electron chi connectivity index (χ3n) is 2.50. The number of hydrogen-bond donors (Lipinski definition) is 2. The van der Waals surface area contributed by atoms with Crippen molar-refractivity contribution in [3.63, 3.8) is 0 Å². The van der Waals surface area contributed by atoms with Crippen molar-refractivity contribution in [2.45, 2.75) is 0 Å². The number of halogens is 1. The summed E-state index contributed by atoms with van der Waals surface area (Å²) in [5.41, 5.74) is 0.581. The van der Waals surface area contributed by atoms with Crippen molar-refractivity contribution in [2.75, 3.05) is 11.9 Å². The van der Waals surface area contributed by atoms with Crippen LogP contribution in [-0.2, 0) is 4.79 Å². The number of aromatic nitrogens is 1. The van der Waals surface area contributed by atoms with Crippen LogP contribution >= 0.6 is 15.9 Å². The van der Waals surface area contributed by atoms with Crippen molar-refractivity contribution in [3.8, 4) is 5.75 Å². The number of ether oxygens (including phenoxy) is 1. The van der Waals surface area contributed by atoms with Gasteiger partial charge in [0.2, 0.25) is 0 Å². The lowest BCUT2D eigenvalue weighted by Crippen LogP contribution is -2.20. The molecule has 2 N–H and O–H groups in total. The van der Waals surface area contributed by atoms with Gasteiger partial charge < -0.3 is 15.2 Å². The van der Waals surface area contributed by atoms with Gasteiger partial charge in [-0.25, -0.2) is 4.79 Å². The summed E-state index contributed by atoms with van der Waals surface area (Å²) in [6.45, 7) is -0.304. The van der Waals surface area contributed by atoms with E-state index in [2.05, 4.69) is 26.2 Å². The second-order valence-corrected chi connectivity index (χ2v) is 4.94. The maximum absolute atomic E-state index is 11.7. The van der Waals surface area contributed by atoms with Gasteiger partial charge in [-0.3, -0.25) is 9.78 Å². The van der Waals surface area contributed by atoms with E-state index in [-0.39, 0.29) is 17.9 Å². The Morgan fingerprint density at radius 2 is 1.95 bits per heavy atom. The second kappa shape index (κ2) is 6.85. The van der Waals surface area contributed by atoms with Gasteiger partial charge in [0.15, 0.2) is 12.4 Å². The summed E-state index contributed by atoms with van der Waals surface area (Å²) in [6, 6.07) is 8.36. The molecule has 2 rings (SSSR count). The Morgan fingerprint density at radius 3 is 2.62 bits per heavy atom. The van der Waals surface area contributed by atoms with Crippen LogP contribution in [0.5, 0.6) is 5.75 Å². The van der Waals surface area contributed by atoms with E-state index in [0.717, 1.165) is 4.47 Å². The van der Waals surface area contributed by atoms with Crippen LogP contribution in [0.15, 0.2) is 47.2 Å². The number of nitrogens with one attached hydrogen (secondary N) is 1. The molecule has 0 bridgehead atoms. The highest BCUT2D eigenvalue weighted by molar-refractivity contribution is 9.10. The number of benzene rings is 1. The highest BCUT2D eigenvalue weighted by atomic mass is 79.9. The molecule has 2 aromatic rings. The summed E-state index contributed by atoms with van der Waals surface area (Å²) in [5, 5.41) is 11.6. The standard InChI is InChI=1S/C14H11BrN2O4/c15-9-1-3-10(4-2-9)17-13(18)8-21-12-7-16-6-5-11(12)14(19)20/h1-7H,8H2,(H,17,18)(H,19,20). The zero-order chi connectivity index (χ0) is 15.2. The van der Waals surface area contributed by atoms with Crippen LogP contribution in [0.25, 0.3) is 0 Å². The van der Waals surface area contributed by atoms with Crippen molar-refractivity contribution in [3.05, 3.63) is 52.8 Å². The molecule has 0 atom stereocenters. The largest absolute Gasteiger partial charge is 0.481 e. The van der Waals surface area contributed by atoms with E-state index in [1.165, 1.54) is 18.5 Å². The van der Waals surface area contributed by atoms with Gasteiger partial charge in [-0.05, 0) is 30.3 Å². The van der Waals surface area contributed by atoms with Gasteiger partial charge in [-0.1, -0.05) is 15.9 Å². The molecule has 0 aliphatic rings. The van der Waals surface area contributed by atoms with Gasteiger partial charge in [0, 0.05) is 16.4 Å². The first kappa shape index (κ1) is 15.0. The molecule has 1 aromatic heterocycles. The highest BCUT2D eigenvalue weighted by Gasteiger charge is 2.12. The quantitative estimate of drug-likeness (QED) is 0.864. The van der Waals surface area contributed by atoms with E-state index in [1.54, 1.807) is 24.3 Å². The predicted molar refractivity (Wildman–Crippen MR) is 79.5 cm³/mol. The molecule has 0 fully saturated rings. The maximum Gasteiger partial charge on any atom is 0.339 e. The molecule has 0 saturated carbocycles. The lowest BCUT2D eigenvalue weighted by Gasteiger charge is -2.09. The lowest BCUT2D eigenvalue weighted by atomic mass is 10.2. The minimum absolute atomic E-state index is 0.0403. The third-order valence-corrected chi connectivity index (χ3v) is 3.03. The van der Waals surface area contributed by atoms with Gasteiger partial charge in [-0.15, -0.1) is 0 Å². The molecule has 1 amide bonds. The van der Waals surface area contributed by atoms with Crippen molar-refractivity contribution in [1.82, 2.24) is 4.98 Å². The molecule has 108 valence electrons. The van der Waals surface area contributed by atoms with Crippen LogP contribution in [0.4, 0.5) is 5.69 Å². The number of nitrogens with zero attached hydrogens (tertiary/aromatic N) is 1. The fraction of sp³-hybridized carbons (Fsp3) is 0.0714. The van der Waals surface area contributed by atoms with Crippen molar-refractivity contribution < 1.29 is 19.4 Å². The number of anilines is 1. The van der Waals surface area contributed by atoms with Crippen LogP contribution in [0, 0.1) is 0 Å². The zero-order valence-electron chi connectivity index (χ0n) is 10.7. The van der Waals surface area contributed by atoms with Crippen LogP contribution in [0.1, 0.15) is 10.4 Å². The lowest BCUT2D eigenvalue weighted by molar-refractivity contribution is -0.118. The zero-order valence-corrected chi connectivity index (χ0v) is 12.3. The number of hydrogen-bond acceptors (Lipinski definition) is 4. The Balaban J connectivity index is 1.95. The molecule has 7 heteroatoms. The van der Waals surface area contributed by atoms with E-state index in [0.29, 0.717) is 5.69 Å². The molecule has 0 radical (unpaired) electrons.